The zero-order valence-corrected chi connectivity index (χ0v) is 21.3. The van der Waals surface area contributed by atoms with Gasteiger partial charge in [0.15, 0.2) is 0 Å². The van der Waals surface area contributed by atoms with Crippen LogP contribution in [0.3, 0.4) is 0 Å². The normalized spacial score (nSPS) is 24.6. The molecule has 3 aliphatic rings. The topological polar surface area (TPSA) is 123 Å². The number of hydrogen-bond acceptors (Lipinski definition) is 6. The number of carbonyl (C=O) groups is 2. The summed E-state index contributed by atoms with van der Waals surface area (Å²) in [4.78, 5) is 28.1. The van der Waals surface area contributed by atoms with E-state index in [0.717, 1.165) is 0 Å². The summed E-state index contributed by atoms with van der Waals surface area (Å²) in [6, 6.07) is 4.96. The molecule has 3 fully saturated rings. The number of amides is 2. The fourth-order valence-corrected chi connectivity index (χ4v) is 6.98. The zero-order valence-electron chi connectivity index (χ0n) is 20.5. The van der Waals surface area contributed by atoms with Crippen molar-refractivity contribution in [1.82, 2.24) is 18.8 Å². The van der Waals surface area contributed by atoms with Crippen LogP contribution in [0, 0.1) is 29.0 Å². The van der Waals surface area contributed by atoms with Crippen LogP contribution in [0.5, 0.6) is 5.75 Å². The minimum Gasteiger partial charge on any atom is -0.496 e. The number of benzene rings is 1. The Morgan fingerprint density at radius 2 is 1.89 bits per heavy atom. The molecule has 3 heterocycles. The number of nitrogens with one attached hydrogen (secondary N) is 1. The second kappa shape index (κ2) is 10.7. The summed E-state index contributed by atoms with van der Waals surface area (Å²) in [7, 11) is -2.25. The van der Waals surface area contributed by atoms with Crippen molar-refractivity contribution >= 4 is 22.0 Å². The molecule has 3 aliphatic heterocycles. The van der Waals surface area contributed by atoms with Gasteiger partial charge in [0.25, 0.3) is 10.2 Å². The number of methoxy groups -OCH3 is 1. The highest BCUT2D eigenvalue weighted by Gasteiger charge is 2.44. The SMILES string of the molecule is COc1ccc(F)cc1C(C)NC(=O)[C@H]1CCCN1C(=O)[C@H]1CCCN(S(=O)(=O)N2CC(C#N)C2)C1. The third-order valence-electron chi connectivity index (χ3n) is 7.27. The van der Waals surface area contributed by atoms with Gasteiger partial charge in [-0.1, -0.05) is 0 Å². The maximum absolute atomic E-state index is 13.8. The van der Waals surface area contributed by atoms with Gasteiger partial charge in [-0.05, 0) is 50.8 Å². The number of rotatable bonds is 7. The lowest BCUT2D eigenvalue weighted by molar-refractivity contribution is -0.142. The molecule has 1 aromatic rings. The smallest absolute Gasteiger partial charge is 0.282 e. The van der Waals surface area contributed by atoms with Gasteiger partial charge in [-0.2, -0.15) is 22.3 Å². The van der Waals surface area contributed by atoms with E-state index < -0.39 is 34.0 Å². The molecule has 10 nitrogen and oxygen atoms in total. The van der Waals surface area contributed by atoms with Crippen LogP contribution in [0.15, 0.2) is 18.2 Å². The van der Waals surface area contributed by atoms with Crippen LogP contribution < -0.4 is 10.1 Å². The molecule has 0 bridgehead atoms. The first-order chi connectivity index (χ1) is 17.1. The first-order valence-corrected chi connectivity index (χ1v) is 13.6. The summed E-state index contributed by atoms with van der Waals surface area (Å²) in [6.45, 7) is 2.90. The number of piperidine rings is 1. The van der Waals surface area contributed by atoms with Crippen molar-refractivity contribution in [2.24, 2.45) is 11.8 Å². The Balaban J connectivity index is 1.40. The summed E-state index contributed by atoms with van der Waals surface area (Å²) < 4.78 is 47.6. The molecule has 2 amide bonds. The number of likely N-dealkylation sites (tertiary alicyclic amines) is 1. The van der Waals surface area contributed by atoms with Gasteiger partial charge in [-0.15, -0.1) is 0 Å². The lowest BCUT2D eigenvalue weighted by Crippen LogP contribution is -2.57. The number of halogens is 1. The molecule has 1 unspecified atom stereocenters. The van der Waals surface area contributed by atoms with Crippen LogP contribution in [0.4, 0.5) is 4.39 Å². The summed E-state index contributed by atoms with van der Waals surface area (Å²) in [6.07, 6.45) is 2.27. The first-order valence-electron chi connectivity index (χ1n) is 12.2. The van der Waals surface area contributed by atoms with Crippen LogP contribution >= 0.6 is 0 Å². The van der Waals surface area contributed by atoms with E-state index in [-0.39, 0.29) is 37.4 Å². The van der Waals surface area contributed by atoms with E-state index in [1.54, 1.807) is 11.8 Å². The number of nitrogens with zero attached hydrogens (tertiary/aromatic N) is 4. The lowest BCUT2D eigenvalue weighted by Gasteiger charge is -2.41. The molecule has 196 valence electrons. The van der Waals surface area contributed by atoms with Crippen LogP contribution in [-0.2, 0) is 19.8 Å². The van der Waals surface area contributed by atoms with Crippen LogP contribution in [0.2, 0.25) is 0 Å². The van der Waals surface area contributed by atoms with Crippen molar-refractivity contribution in [3.63, 3.8) is 0 Å². The monoisotopic (exact) mass is 521 g/mol. The van der Waals surface area contributed by atoms with Crippen LogP contribution in [0.1, 0.15) is 44.2 Å². The van der Waals surface area contributed by atoms with Gasteiger partial charge in [0.2, 0.25) is 11.8 Å². The fraction of sp³-hybridized carbons (Fsp3) is 0.625. The largest absolute Gasteiger partial charge is 0.496 e. The maximum atomic E-state index is 13.8. The Hall–Kier alpha value is -2.75. The molecule has 3 atom stereocenters. The summed E-state index contributed by atoms with van der Waals surface area (Å²) >= 11 is 0. The van der Waals surface area contributed by atoms with Gasteiger partial charge in [-0.25, -0.2) is 4.39 Å². The Morgan fingerprint density at radius 3 is 2.58 bits per heavy atom. The molecular weight excluding hydrogens is 489 g/mol. The van der Waals surface area contributed by atoms with Crippen molar-refractivity contribution in [3.8, 4) is 11.8 Å². The van der Waals surface area contributed by atoms with Gasteiger partial charge >= 0.3 is 0 Å². The number of hydrogen-bond donors (Lipinski definition) is 1. The Labute approximate surface area is 211 Å². The van der Waals surface area contributed by atoms with Gasteiger partial charge in [0.05, 0.1) is 31.1 Å². The molecule has 0 aliphatic carbocycles. The molecule has 0 spiro atoms. The van der Waals surface area contributed by atoms with Crippen molar-refractivity contribution in [1.29, 1.82) is 5.26 Å². The van der Waals surface area contributed by atoms with Crippen molar-refractivity contribution in [3.05, 3.63) is 29.6 Å². The molecule has 0 aromatic heterocycles. The van der Waals surface area contributed by atoms with E-state index in [0.29, 0.717) is 50.1 Å². The maximum Gasteiger partial charge on any atom is 0.282 e. The van der Waals surface area contributed by atoms with E-state index in [2.05, 4.69) is 11.4 Å². The number of nitriles is 1. The predicted octanol–water partition coefficient (Wildman–Crippen LogP) is 1.41. The minimum atomic E-state index is -3.72. The molecule has 36 heavy (non-hydrogen) atoms. The quantitative estimate of drug-likeness (QED) is 0.579. The van der Waals surface area contributed by atoms with Crippen molar-refractivity contribution in [2.75, 3.05) is 39.8 Å². The highest BCUT2D eigenvalue weighted by Crippen LogP contribution is 2.30. The Kier molecular flexibility index (Phi) is 7.82. The average molecular weight is 522 g/mol. The second-order valence-corrected chi connectivity index (χ2v) is 11.6. The third-order valence-corrected chi connectivity index (χ3v) is 9.21. The molecule has 4 rings (SSSR count). The van der Waals surface area contributed by atoms with E-state index >= 15 is 0 Å². The summed E-state index contributed by atoms with van der Waals surface area (Å²) in [5.74, 6) is -1.36. The molecule has 12 heteroatoms. The van der Waals surface area contributed by atoms with Gasteiger partial charge in [-0.3, -0.25) is 9.59 Å². The summed E-state index contributed by atoms with van der Waals surface area (Å²) in [5.41, 5.74) is 0.500. The first kappa shape index (κ1) is 26.3. The number of carbonyl (C=O) groups excluding carboxylic acids is 2. The van der Waals surface area contributed by atoms with E-state index in [4.69, 9.17) is 10.00 Å². The van der Waals surface area contributed by atoms with Gasteiger partial charge < -0.3 is 15.0 Å². The summed E-state index contributed by atoms with van der Waals surface area (Å²) in [5, 5.41) is 11.8. The van der Waals surface area contributed by atoms with Gasteiger partial charge in [0, 0.05) is 38.3 Å². The van der Waals surface area contributed by atoms with Crippen molar-refractivity contribution in [2.45, 2.75) is 44.7 Å². The third kappa shape index (κ3) is 5.19. The second-order valence-electron chi connectivity index (χ2n) is 9.65. The van der Waals surface area contributed by atoms with Crippen LogP contribution in [-0.4, -0.2) is 79.6 Å². The highest BCUT2D eigenvalue weighted by molar-refractivity contribution is 7.86. The zero-order chi connectivity index (χ0) is 26.0. The molecule has 1 N–H and O–H groups in total. The standard InChI is InChI=1S/C24H32FN5O5S/c1-16(20-11-19(25)7-8-22(20)35-2)27-23(31)21-6-4-10-30(21)24(32)18-5-3-9-28(15-18)36(33,34)29-13-17(12-26)14-29/h7-8,11,16-18,21H,3-6,9-10,13-15H2,1-2H3,(H,27,31)/t16?,18-,21+/m0/s1. The lowest BCUT2D eigenvalue weighted by atomic mass is 9.97. The Morgan fingerprint density at radius 1 is 1.17 bits per heavy atom. The fourth-order valence-electron chi connectivity index (χ4n) is 5.19. The van der Waals surface area contributed by atoms with E-state index in [1.807, 2.05) is 0 Å². The van der Waals surface area contributed by atoms with E-state index in [1.165, 1.54) is 33.9 Å². The molecule has 3 saturated heterocycles. The predicted molar refractivity (Wildman–Crippen MR) is 128 cm³/mol. The molecule has 1 aromatic carbocycles. The highest BCUT2D eigenvalue weighted by atomic mass is 32.2. The molecule has 0 saturated carbocycles. The number of ether oxygens (including phenoxy) is 1. The average Bonchev–Trinajstić information content (AvgIpc) is 3.33. The van der Waals surface area contributed by atoms with Crippen LogP contribution in [0.25, 0.3) is 0 Å². The van der Waals surface area contributed by atoms with Crippen molar-refractivity contribution < 1.29 is 27.1 Å². The molecule has 0 radical (unpaired) electrons. The Bertz CT molecular complexity index is 1150. The van der Waals surface area contributed by atoms with Gasteiger partial charge in [0.1, 0.15) is 17.6 Å². The minimum absolute atomic E-state index is 0.0661. The molecular formula is C24H32FN5O5S. The van der Waals surface area contributed by atoms with E-state index in [9.17, 15) is 22.4 Å².